The lowest BCUT2D eigenvalue weighted by Gasteiger charge is -2.59. The van der Waals surface area contributed by atoms with Gasteiger partial charge in [-0.15, -0.1) is 0 Å². The summed E-state index contributed by atoms with van der Waals surface area (Å²) in [6, 6.07) is 5.94. The van der Waals surface area contributed by atoms with Gasteiger partial charge in [-0.05, 0) is 51.8 Å². The molecule has 6 atom stereocenters. The van der Waals surface area contributed by atoms with E-state index in [9.17, 15) is 34.8 Å². The van der Waals surface area contributed by atoms with E-state index in [4.69, 9.17) is 4.74 Å². The van der Waals surface area contributed by atoms with Crippen molar-refractivity contribution in [2.75, 3.05) is 11.9 Å². The number of amides is 3. The van der Waals surface area contributed by atoms with Crippen molar-refractivity contribution < 1.29 is 39.5 Å². The lowest BCUT2D eigenvalue weighted by Crippen LogP contribution is -2.82. The Labute approximate surface area is 198 Å². The highest BCUT2D eigenvalue weighted by atomic mass is 16.7. The number of anilines is 1. The van der Waals surface area contributed by atoms with Gasteiger partial charge in [0.1, 0.15) is 22.8 Å². The van der Waals surface area contributed by atoms with Crippen molar-refractivity contribution in [3.63, 3.8) is 0 Å². The Kier molecular flexibility index (Phi) is 7.80. The molecule has 11 heteroatoms. The monoisotopic (exact) mass is 481 g/mol. The predicted octanol–water partition coefficient (Wildman–Crippen LogP) is -0.831. The van der Waals surface area contributed by atoms with Crippen molar-refractivity contribution >= 4 is 23.4 Å². The molecule has 1 aromatic rings. The number of aliphatic hydroxyl groups is 4. The minimum absolute atomic E-state index is 0.381. The van der Waals surface area contributed by atoms with E-state index in [0.717, 1.165) is 39.7 Å². The first kappa shape index (κ1) is 27.7. The molecule has 1 aliphatic heterocycles. The molecular weight excluding hydrogens is 446 g/mol. The molecule has 0 saturated carbocycles. The van der Waals surface area contributed by atoms with Gasteiger partial charge in [-0.2, -0.15) is 0 Å². The zero-order valence-corrected chi connectivity index (χ0v) is 20.3. The first-order valence-corrected chi connectivity index (χ1v) is 11.0. The molecule has 34 heavy (non-hydrogen) atoms. The standard InChI is InChI=1S/C23H35N3O8/c1-7-14-8-10-15(11-9-14)26-18(28)16(25-13(2)27)12-24-19(29)17-20(3,30)21(4,31)22(5,32)23(6,33)34-17/h8-11,16-17,30-33H,7,12H2,1-6H3,(H,24,29)(H,25,27)(H,26,28)/t16?,17?,20-,21?,22?,23-/m1/s1. The average molecular weight is 482 g/mol. The van der Waals surface area contributed by atoms with Gasteiger partial charge in [0.05, 0.1) is 0 Å². The first-order chi connectivity index (χ1) is 15.5. The molecule has 7 N–H and O–H groups in total. The van der Waals surface area contributed by atoms with Crippen LogP contribution in [0.15, 0.2) is 24.3 Å². The maximum absolute atomic E-state index is 12.9. The zero-order chi connectivity index (χ0) is 26.1. The van der Waals surface area contributed by atoms with E-state index in [0.29, 0.717) is 5.69 Å². The van der Waals surface area contributed by atoms with Crippen molar-refractivity contribution in [3.05, 3.63) is 29.8 Å². The minimum Gasteiger partial charge on any atom is -0.384 e. The fourth-order valence-electron chi connectivity index (χ4n) is 3.77. The molecule has 11 nitrogen and oxygen atoms in total. The van der Waals surface area contributed by atoms with E-state index < -0.39 is 52.5 Å². The van der Waals surface area contributed by atoms with Gasteiger partial charge in [0.25, 0.3) is 5.91 Å². The summed E-state index contributed by atoms with van der Waals surface area (Å²) in [6.07, 6.45) is -0.989. The normalized spacial score (nSPS) is 34.1. The van der Waals surface area contributed by atoms with Crippen molar-refractivity contribution in [1.29, 1.82) is 0 Å². The van der Waals surface area contributed by atoms with E-state index in [-0.39, 0.29) is 6.54 Å². The van der Waals surface area contributed by atoms with Crippen LogP contribution in [0.5, 0.6) is 0 Å². The zero-order valence-electron chi connectivity index (χ0n) is 20.3. The molecule has 0 aliphatic carbocycles. The Bertz CT molecular complexity index is 925. The number of nitrogens with one attached hydrogen (secondary N) is 3. The summed E-state index contributed by atoms with van der Waals surface area (Å²) in [5.41, 5.74) is -5.48. The SMILES string of the molecule is CCc1ccc(NC(=O)C(CNC(=O)C2O[C@@](C)(O)C(C)(O)C(C)(O)[C@]2(C)O)NC(C)=O)cc1. The van der Waals surface area contributed by atoms with Crippen LogP contribution in [0.25, 0.3) is 0 Å². The van der Waals surface area contributed by atoms with Gasteiger partial charge in [-0.1, -0.05) is 19.1 Å². The summed E-state index contributed by atoms with van der Waals surface area (Å²) >= 11 is 0. The molecule has 1 heterocycles. The fraction of sp³-hybridized carbons (Fsp3) is 0.609. The summed E-state index contributed by atoms with van der Waals surface area (Å²) in [5.74, 6) is -4.49. The molecule has 0 aromatic heterocycles. The van der Waals surface area contributed by atoms with Crippen LogP contribution in [0, 0.1) is 0 Å². The van der Waals surface area contributed by atoms with Crippen LogP contribution in [0.3, 0.4) is 0 Å². The van der Waals surface area contributed by atoms with Crippen LogP contribution in [0.1, 0.15) is 47.1 Å². The number of benzene rings is 1. The van der Waals surface area contributed by atoms with Crippen molar-refractivity contribution in [1.82, 2.24) is 10.6 Å². The number of aryl methyl sites for hydroxylation is 1. The van der Waals surface area contributed by atoms with Crippen molar-refractivity contribution in [2.45, 2.75) is 82.7 Å². The lowest BCUT2D eigenvalue weighted by molar-refractivity contribution is -0.414. The predicted molar refractivity (Wildman–Crippen MR) is 122 cm³/mol. The highest BCUT2D eigenvalue weighted by Gasteiger charge is 2.71. The molecule has 1 saturated heterocycles. The smallest absolute Gasteiger partial charge is 0.252 e. The highest BCUT2D eigenvalue weighted by molar-refractivity contribution is 5.97. The van der Waals surface area contributed by atoms with E-state index in [1.807, 2.05) is 19.1 Å². The van der Waals surface area contributed by atoms with Gasteiger partial charge in [0, 0.05) is 19.2 Å². The Balaban J connectivity index is 2.17. The van der Waals surface area contributed by atoms with Gasteiger partial charge in [0.2, 0.25) is 11.8 Å². The molecular formula is C23H35N3O8. The molecule has 1 fully saturated rings. The Morgan fingerprint density at radius 2 is 1.56 bits per heavy atom. The van der Waals surface area contributed by atoms with Gasteiger partial charge in [-0.3, -0.25) is 14.4 Å². The minimum atomic E-state index is -2.40. The average Bonchev–Trinajstić information content (AvgIpc) is 2.73. The molecule has 1 aromatic carbocycles. The number of hydrogen-bond acceptors (Lipinski definition) is 8. The highest BCUT2D eigenvalue weighted by Crippen LogP contribution is 2.47. The molecule has 0 spiro atoms. The van der Waals surface area contributed by atoms with Crippen molar-refractivity contribution in [2.24, 2.45) is 0 Å². The van der Waals surface area contributed by atoms with Crippen LogP contribution >= 0.6 is 0 Å². The second-order valence-corrected chi connectivity index (χ2v) is 9.31. The fourth-order valence-corrected chi connectivity index (χ4v) is 3.77. The Morgan fingerprint density at radius 1 is 1.00 bits per heavy atom. The summed E-state index contributed by atoms with van der Waals surface area (Å²) in [6.45, 7) is 7.10. The summed E-state index contributed by atoms with van der Waals surface area (Å²) in [5, 5.41) is 50.4. The van der Waals surface area contributed by atoms with Gasteiger partial charge < -0.3 is 41.1 Å². The molecule has 4 unspecified atom stereocenters. The van der Waals surface area contributed by atoms with Crippen LogP contribution in [0.4, 0.5) is 5.69 Å². The largest absolute Gasteiger partial charge is 0.384 e. The molecule has 2 rings (SSSR count). The van der Waals surface area contributed by atoms with Gasteiger partial charge in [-0.25, -0.2) is 0 Å². The number of rotatable bonds is 7. The quantitative estimate of drug-likeness (QED) is 0.264. The summed E-state index contributed by atoms with van der Waals surface area (Å²) in [7, 11) is 0. The second-order valence-electron chi connectivity index (χ2n) is 9.31. The van der Waals surface area contributed by atoms with E-state index in [1.54, 1.807) is 12.1 Å². The topological polar surface area (TPSA) is 177 Å². The lowest BCUT2D eigenvalue weighted by atomic mass is 9.65. The van der Waals surface area contributed by atoms with E-state index >= 15 is 0 Å². The third kappa shape index (κ3) is 5.08. The molecule has 190 valence electrons. The number of ether oxygens (including phenoxy) is 1. The number of carbonyl (C=O) groups excluding carboxylic acids is 3. The second kappa shape index (κ2) is 9.59. The van der Waals surface area contributed by atoms with Crippen LogP contribution in [-0.4, -0.2) is 79.4 Å². The molecule has 0 bridgehead atoms. The van der Waals surface area contributed by atoms with Gasteiger partial charge >= 0.3 is 0 Å². The van der Waals surface area contributed by atoms with Crippen LogP contribution in [-0.2, 0) is 25.5 Å². The molecule has 3 amide bonds. The van der Waals surface area contributed by atoms with E-state index in [2.05, 4.69) is 16.0 Å². The first-order valence-electron chi connectivity index (χ1n) is 11.0. The Morgan fingerprint density at radius 3 is 2.06 bits per heavy atom. The maximum atomic E-state index is 12.9. The maximum Gasteiger partial charge on any atom is 0.252 e. The van der Waals surface area contributed by atoms with Crippen LogP contribution < -0.4 is 16.0 Å². The van der Waals surface area contributed by atoms with Crippen LogP contribution in [0.2, 0.25) is 0 Å². The third-order valence-electron chi connectivity index (χ3n) is 6.74. The van der Waals surface area contributed by atoms with Gasteiger partial charge in [0.15, 0.2) is 11.9 Å². The Hall–Kier alpha value is -2.57. The third-order valence-corrected chi connectivity index (χ3v) is 6.74. The van der Waals surface area contributed by atoms with E-state index in [1.165, 1.54) is 6.92 Å². The molecule has 0 radical (unpaired) electrons. The summed E-state index contributed by atoms with van der Waals surface area (Å²) < 4.78 is 5.29. The summed E-state index contributed by atoms with van der Waals surface area (Å²) in [4.78, 5) is 37.3. The number of carbonyl (C=O) groups is 3. The molecule has 1 aliphatic rings. The van der Waals surface area contributed by atoms with Crippen molar-refractivity contribution in [3.8, 4) is 0 Å². The number of hydrogen-bond donors (Lipinski definition) is 7.